The highest BCUT2D eigenvalue weighted by Gasteiger charge is 2.47. The lowest BCUT2D eigenvalue weighted by Crippen LogP contribution is -2.32. The van der Waals surface area contributed by atoms with Crippen molar-refractivity contribution in [3.05, 3.63) is 6.42 Å². The molecular weight excluding hydrogens is 156 g/mol. The van der Waals surface area contributed by atoms with Crippen molar-refractivity contribution in [3.63, 3.8) is 0 Å². The quantitative estimate of drug-likeness (QED) is 0.582. The summed E-state index contributed by atoms with van der Waals surface area (Å²) in [6, 6.07) is 0. The van der Waals surface area contributed by atoms with Crippen LogP contribution in [-0.4, -0.2) is 23.3 Å². The van der Waals surface area contributed by atoms with Crippen LogP contribution in [0.4, 0.5) is 0 Å². The van der Waals surface area contributed by atoms with Crippen molar-refractivity contribution in [1.29, 1.82) is 0 Å². The van der Waals surface area contributed by atoms with E-state index in [-0.39, 0.29) is 24.1 Å². The Morgan fingerprint density at radius 2 is 2.33 bits per heavy atom. The molecule has 3 nitrogen and oxygen atoms in total. The van der Waals surface area contributed by atoms with Crippen LogP contribution < -0.4 is 0 Å². The van der Waals surface area contributed by atoms with Gasteiger partial charge in [-0.25, -0.2) is 0 Å². The highest BCUT2D eigenvalue weighted by Crippen LogP contribution is 2.45. The standard InChI is InChI=1S/C9H13O3/c1-5(10)12-9-4-6-2-7(9)8(11)3-6/h4,6-9,11H,2-3H2,1H3/t6-,7+,8+,9-/m0/s1. The molecule has 12 heavy (non-hydrogen) atoms. The van der Waals surface area contributed by atoms with E-state index in [1.165, 1.54) is 6.92 Å². The highest BCUT2D eigenvalue weighted by molar-refractivity contribution is 5.66. The zero-order chi connectivity index (χ0) is 8.72. The van der Waals surface area contributed by atoms with Gasteiger partial charge < -0.3 is 9.84 Å². The third-order valence-electron chi connectivity index (χ3n) is 2.80. The van der Waals surface area contributed by atoms with Crippen LogP contribution in [0.1, 0.15) is 19.8 Å². The van der Waals surface area contributed by atoms with Gasteiger partial charge in [-0.05, 0) is 18.8 Å². The van der Waals surface area contributed by atoms with E-state index in [0.717, 1.165) is 12.8 Å². The highest BCUT2D eigenvalue weighted by atomic mass is 16.5. The number of aliphatic hydroxyl groups excluding tert-OH is 1. The van der Waals surface area contributed by atoms with Crippen LogP contribution >= 0.6 is 0 Å². The zero-order valence-corrected chi connectivity index (χ0v) is 7.06. The van der Waals surface area contributed by atoms with Gasteiger partial charge in [0.05, 0.1) is 6.10 Å². The molecule has 2 rings (SSSR count). The smallest absolute Gasteiger partial charge is 0.302 e. The summed E-state index contributed by atoms with van der Waals surface area (Å²) in [5, 5.41) is 9.49. The second-order valence-corrected chi connectivity index (χ2v) is 3.73. The largest absolute Gasteiger partial charge is 0.462 e. The fourth-order valence-electron chi connectivity index (χ4n) is 2.33. The number of ether oxygens (including phenoxy) is 1. The maximum atomic E-state index is 10.7. The molecule has 2 saturated carbocycles. The Balaban J connectivity index is 1.98. The van der Waals surface area contributed by atoms with Crippen molar-refractivity contribution in [1.82, 2.24) is 0 Å². The lowest BCUT2D eigenvalue weighted by atomic mass is 9.95. The Hall–Kier alpha value is -0.570. The summed E-state index contributed by atoms with van der Waals surface area (Å²) in [6.45, 7) is 1.41. The first-order valence-electron chi connectivity index (χ1n) is 4.37. The number of aliphatic hydroxyl groups is 1. The van der Waals surface area contributed by atoms with Crippen molar-refractivity contribution in [2.45, 2.75) is 32.0 Å². The van der Waals surface area contributed by atoms with Crippen molar-refractivity contribution in [2.24, 2.45) is 11.8 Å². The monoisotopic (exact) mass is 169 g/mol. The average molecular weight is 169 g/mol. The molecule has 1 N–H and O–H groups in total. The molecule has 0 amide bonds. The molecule has 3 heteroatoms. The predicted octanol–water partition coefficient (Wildman–Crippen LogP) is 0.523. The van der Waals surface area contributed by atoms with Crippen LogP contribution in [-0.2, 0) is 9.53 Å². The molecule has 0 heterocycles. The van der Waals surface area contributed by atoms with Crippen LogP contribution in [0.2, 0.25) is 0 Å². The number of rotatable bonds is 1. The first kappa shape index (κ1) is 8.05. The van der Waals surface area contributed by atoms with Gasteiger partial charge in [0.2, 0.25) is 0 Å². The summed E-state index contributed by atoms with van der Waals surface area (Å²) in [6.07, 6.45) is 3.50. The maximum absolute atomic E-state index is 10.7. The molecule has 1 radical (unpaired) electrons. The number of carbonyl (C=O) groups is 1. The molecule has 4 atom stereocenters. The number of esters is 1. The third-order valence-corrected chi connectivity index (χ3v) is 2.80. The Morgan fingerprint density at radius 3 is 2.83 bits per heavy atom. The van der Waals surface area contributed by atoms with Crippen molar-refractivity contribution < 1.29 is 14.6 Å². The van der Waals surface area contributed by atoms with E-state index in [0.29, 0.717) is 5.92 Å². The van der Waals surface area contributed by atoms with Gasteiger partial charge in [0.1, 0.15) is 6.10 Å². The van der Waals surface area contributed by atoms with Crippen LogP contribution in [0.3, 0.4) is 0 Å². The summed E-state index contributed by atoms with van der Waals surface area (Å²) in [5.74, 6) is 0.379. The molecule has 0 unspecified atom stereocenters. The number of hydrogen-bond acceptors (Lipinski definition) is 3. The topological polar surface area (TPSA) is 46.5 Å². The summed E-state index contributed by atoms with van der Waals surface area (Å²) in [5.41, 5.74) is 0. The minimum atomic E-state index is -0.260. The van der Waals surface area contributed by atoms with Gasteiger partial charge >= 0.3 is 5.97 Å². The van der Waals surface area contributed by atoms with Crippen LogP contribution in [0.15, 0.2) is 0 Å². The van der Waals surface area contributed by atoms with Crippen molar-refractivity contribution in [3.8, 4) is 0 Å². The Labute approximate surface area is 71.7 Å². The normalized spacial score (nSPS) is 44.8. The Kier molecular flexibility index (Phi) is 1.83. The molecule has 2 aliphatic rings. The van der Waals surface area contributed by atoms with Crippen LogP contribution in [0.5, 0.6) is 0 Å². The second-order valence-electron chi connectivity index (χ2n) is 3.73. The molecule has 0 aromatic heterocycles. The fourth-order valence-corrected chi connectivity index (χ4v) is 2.33. The van der Waals surface area contributed by atoms with E-state index >= 15 is 0 Å². The van der Waals surface area contributed by atoms with E-state index in [9.17, 15) is 9.90 Å². The summed E-state index contributed by atoms with van der Waals surface area (Å²) >= 11 is 0. The second kappa shape index (κ2) is 2.73. The molecule has 0 aromatic carbocycles. The Bertz CT molecular complexity index is 202. The molecule has 2 fully saturated rings. The molecule has 0 aliphatic heterocycles. The van der Waals surface area contributed by atoms with Crippen LogP contribution in [0.25, 0.3) is 0 Å². The molecule has 2 bridgehead atoms. The number of fused-ring (bicyclic) bond motifs is 2. The molecule has 0 aromatic rings. The van der Waals surface area contributed by atoms with Gasteiger partial charge in [-0.3, -0.25) is 4.79 Å². The maximum Gasteiger partial charge on any atom is 0.302 e. The SMILES string of the molecule is CC(=O)O[C@H]1[CH][C@H]2C[C@@H]1[C@H](O)C2. The summed E-state index contributed by atoms with van der Waals surface area (Å²) in [4.78, 5) is 10.7. The van der Waals surface area contributed by atoms with Gasteiger partial charge in [-0.1, -0.05) is 0 Å². The van der Waals surface area contributed by atoms with Crippen LogP contribution in [0, 0.1) is 18.3 Å². The molecule has 0 saturated heterocycles. The van der Waals surface area contributed by atoms with E-state index in [4.69, 9.17) is 4.74 Å². The molecular formula is C9H13O3. The molecule has 0 spiro atoms. The van der Waals surface area contributed by atoms with Gasteiger partial charge in [-0.2, -0.15) is 0 Å². The van der Waals surface area contributed by atoms with Crippen molar-refractivity contribution in [2.75, 3.05) is 0 Å². The zero-order valence-electron chi connectivity index (χ0n) is 7.06. The van der Waals surface area contributed by atoms with Gasteiger partial charge in [0, 0.05) is 19.3 Å². The number of carbonyl (C=O) groups excluding carboxylic acids is 1. The minimum Gasteiger partial charge on any atom is -0.462 e. The average Bonchev–Trinajstić information content (AvgIpc) is 2.43. The summed E-state index contributed by atoms with van der Waals surface area (Å²) < 4.78 is 5.06. The van der Waals surface area contributed by atoms with E-state index in [1.807, 2.05) is 0 Å². The Morgan fingerprint density at radius 1 is 1.58 bits per heavy atom. The lowest BCUT2D eigenvalue weighted by molar-refractivity contribution is -0.148. The fraction of sp³-hybridized carbons (Fsp3) is 0.778. The predicted molar refractivity (Wildman–Crippen MR) is 42.1 cm³/mol. The molecule has 2 aliphatic carbocycles. The van der Waals surface area contributed by atoms with Crippen molar-refractivity contribution >= 4 is 5.97 Å². The van der Waals surface area contributed by atoms with Gasteiger partial charge in [0.15, 0.2) is 0 Å². The summed E-state index contributed by atoms with van der Waals surface area (Å²) in [7, 11) is 0. The van der Waals surface area contributed by atoms with E-state index < -0.39 is 0 Å². The number of hydrogen-bond donors (Lipinski definition) is 1. The minimum absolute atomic E-state index is 0.128. The van der Waals surface area contributed by atoms with Gasteiger partial charge in [-0.15, -0.1) is 0 Å². The first-order valence-corrected chi connectivity index (χ1v) is 4.37. The van der Waals surface area contributed by atoms with Gasteiger partial charge in [0.25, 0.3) is 0 Å². The third kappa shape index (κ3) is 1.22. The van der Waals surface area contributed by atoms with E-state index in [1.54, 1.807) is 0 Å². The molecule has 67 valence electrons. The van der Waals surface area contributed by atoms with E-state index in [2.05, 4.69) is 6.42 Å². The lowest BCUT2D eigenvalue weighted by Gasteiger charge is -2.24. The first-order chi connectivity index (χ1) is 5.66.